The van der Waals surface area contributed by atoms with Crippen LogP contribution in [0.5, 0.6) is 0 Å². The van der Waals surface area contributed by atoms with Gasteiger partial charge in [0.15, 0.2) is 0 Å². The van der Waals surface area contributed by atoms with Gasteiger partial charge in [-0.3, -0.25) is 4.79 Å². The van der Waals surface area contributed by atoms with Crippen molar-refractivity contribution in [2.45, 2.75) is 57.4 Å². The van der Waals surface area contributed by atoms with E-state index in [9.17, 15) is 13.2 Å². The Balaban J connectivity index is 1.63. The van der Waals surface area contributed by atoms with E-state index in [1.165, 1.54) is 30.0 Å². The molecule has 0 radical (unpaired) electrons. The van der Waals surface area contributed by atoms with Crippen molar-refractivity contribution < 1.29 is 17.9 Å². The Hall–Kier alpha value is -1.64. The molecule has 1 amide bonds. The molecule has 0 spiro atoms. The lowest BCUT2D eigenvalue weighted by Gasteiger charge is -2.32. The molecule has 2 saturated carbocycles. The van der Waals surface area contributed by atoms with Gasteiger partial charge in [0.2, 0.25) is 10.0 Å². The summed E-state index contributed by atoms with van der Waals surface area (Å²) in [4.78, 5) is 15.8. The highest BCUT2D eigenvalue weighted by Gasteiger charge is 2.42. The fraction of sp³-hybridized carbons (Fsp3) is 0.708. The number of nitrogens with zero attached hydrogens (tertiary/aromatic N) is 2. The Morgan fingerprint density at radius 2 is 1.91 bits per heavy atom. The molecule has 1 saturated heterocycles. The van der Waals surface area contributed by atoms with Crippen molar-refractivity contribution in [1.29, 1.82) is 0 Å². The lowest BCUT2D eigenvalue weighted by Crippen LogP contribution is -2.42. The first-order valence-corrected chi connectivity index (χ1v) is 13.6. The van der Waals surface area contributed by atoms with Gasteiger partial charge in [-0.2, -0.15) is 4.31 Å². The Morgan fingerprint density at radius 3 is 2.50 bits per heavy atom. The number of rotatable bonds is 8. The average molecular weight is 464 g/mol. The molecule has 7 nitrogen and oxygen atoms in total. The monoisotopic (exact) mass is 463 g/mol. The Bertz CT molecular complexity index is 925. The summed E-state index contributed by atoms with van der Waals surface area (Å²) in [7, 11) is -3.65. The van der Waals surface area contributed by atoms with E-state index in [1.807, 2.05) is 13.8 Å². The molecular formula is C24H37N3O4S. The number of ether oxygens (including phenoxy) is 1. The maximum Gasteiger partial charge on any atom is 0.253 e. The van der Waals surface area contributed by atoms with Crippen molar-refractivity contribution in [3.8, 4) is 0 Å². The molecule has 8 heteroatoms. The summed E-state index contributed by atoms with van der Waals surface area (Å²) in [6, 6.07) is 5.08. The van der Waals surface area contributed by atoms with Gasteiger partial charge in [-0.05, 0) is 62.1 Å². The van der Waals surface area contributed by atoms with Gasteiger partial charge in [0, 0.05) is 37.9 Å². The van der Waals surface area contributed by atoms with Gasteiger partial charge in [0.25, 0.3) is 5.91 Å². The highest BCUT2D eigenvalue weighted by molar-refractivity contribution is 7.89. The van der Waals surface area contributed by atoms with E-state index in [0.29, 0.717) is 56.8 Å². The summed E-state index contributed by atoms with van der Waals surface area (Å²) < 4.78 is 33.2. The van der Waals surface area contributed by atoms with E-state index in [0.717, 1.165) is 11.6 Å². The number of hydrogen-bond donors (Lipinski definition) is 1. The minimum Gasteiger partial charge on any atom is -0.378 e. The molecule has 1 aliphatic heterocycles. The zero-order valence-electron chi connectivity index (χ0n) is 19.5. The first kappa shape index (κ1) is 23.5. The van der Waals surface area contributed by atoms with Crippen LogP contribution >= 0.6 is 0 Å². The number of fused-ring (bicyclic) bond motifs is 2. The molecule has 4 atom stereocenters. The summed E-state index contributed by atoms with van der Waals surface area (Å²) in [5.41, 5.74) is 1.22. The highest BCUT2D eigenvalue weighted by Crippen LogP contribution is 2.49. The van der Waals surface area contributed by atoms with Crippen LogP contribution in [0.1, 0.15) is 56.8 Å². The zero-order chi connectivity index (χ0) is 22.9. The van der Waals surface area contributed by atoms with Crippen LogP contribution in [0.25, 0.3) is 0 Å². The van der Waals surface area contributed by atoms with Crippen LogP contribution in [-0.4, -0.2) is 64.1 Å². The van der Waals surface area contributed by atoms with E-state index in [1.54, 1.807) is 18.2 Å². The SMILES string of the molecule is CCN(CC)S(=O)(=O)c1ccc(N2CCOCC2)c(C(=O)N[C@H](C)[C@H]2C[C@H]3CC[C@H]2C3)c1. The molecule has 2 aliphatic carbocycles. The van der Waals surface area contributed by atoms with E-state index >= 15 is 0 Å². The number of carbonyl (C=O) groups excluding carboxylic acids is 1. The molecule has 1 heterocycles. The minimum atomic E-state index is -3.65. The van der Waals surface area contributed by atoms with Gasteiger partial charge < -0.3 is 15.0 Å². The second-order valence-corrected chi connectivity index (χ2v) is 11.4. The molecule has 3 fully saturated rings. The first-order chi connectivity index (χ1) is 15.3. The summed E-state index contributed by atoms with van der Waals surface area (Å²) in [6.07, 6.45) is 5.08. The normalized spacial score (nSPS) is 26.5. The van der Waals surface area contributed by atoms with Gasteiger partial charge >= 0.3 is 0 Å². The number of nitrogens with one attached hydrogen (secondary N) is 1. The maximum atomic E-state index is 13.5. The predicted molar refractivity (Wildman–Crippen MR) is 125 cm³/mol. The number of morpholine rings is 1. The van der Waals surface area contributed by atoms with Crippen LogP contribution < -0.4 is 10.2 Å². The fourth-order valence-corrected chi connectivity index (χ4v) is 7.43. The molecular weight excluding hydrogens is 426 g/mol. The van der Waals surface area contributed by atoms with Gasteiger partial charge in [0.05, 0.1) is 23.7 Å². The lowest BCUT2D eigenvalue weighted by molar-refractivity contribution is 0.0914. The topological polar surface area (TPSA) is 79.0 Å². The molecule has 1 aromatic carbocycles. The van der Waals surface area contributed by atoms with Crippen LogP contribution in [-0.2, 0) is 14.8 Å². The molecule has 1 N–H and O–H groups in total. The Labute approximate surface area is 192 Å². The van der Waals surface area contributed by atoms with E-state index < -0.39 is 10.0 Å². The molecule has 178 valence electrons. The number of hydrogen-bond acceptors (Lipinski definition) is 5. The standard InChI is InChI=1S/C24H37N3O4S/c1-4-27(5-2)32(29,30)20-8-9-23(26-10-12-31-13-11-26)22(16-20)24(28)25-17(3)21-15-18-6-7-19(21)14-18/h8-9,16-19,21H,4-7,10-15H2,1-3H3,(H,25,28)/t17-,18+,19+,21-/m1/s1. The Morgan fingerprint density at radius 1 is 1.19 bits per heavy atom. The average Bonchev–Trinajstić information content (AvgIpc) is 3.44. The quantitative estimate of drug-likeness (QED) is 0.641. The smallest absolute Gasteiger partial charge is 0.253 e. The molecule has 2 bridgehead atoms. The van der Waals surface area contributed by atoms with E-state index in [2.05, 4.69) is 17.1 Å². The van der Waals surface area contributed by atoms with Gasteiger partial charge in [0.1, 0.15) is 0 Å². The van der Waals surface area contributed by atoms with Crippen molar-refractivity contribution in [3.63, 3.8) is 0 Å². The summed E-state index contributed by atoms with van der Waals surface area (Å²) in [5, 5.41) is 3.23. The zero-order valence-corrected chi connectivity index (χ0v) is 20.4. The third-order valence-corrected chi connectivity index (χ3v) is 9.75. The molecule has 1 aromatic rings. The highest BCUT2D eigenvalue weighted by atomic mass is 32.2. The van der Waals surface area contributed by atoms with Crippen molar-refractivity contribution in [3.05, 3.63) is 23.8 Å². The van der Waals surface area contributed by atoms with Crippen LogP contribution in [0.4, 0.5) is 5.69 Å². The summed E-state index contributed by atoms with van der Waals surface area (Å²) in [6.45, 7) is 9.12. The third kappa shape index (κ3) is 4.54. The molecule has 0 unspecified atom stereocenters. The fourth-order valence-electron chi connectivity index (χ4n) is 5.95. The number of amides is 1. The number of carbonyl (C=O) groups is 1. The third-order valence-electron chi connectivity index (χ3n) is 7.70. The van der Waals surface area contributed by atoms with E-state index in [4.69, 9.17) is 4.74 Å². The largest absolute Gasteiger partial charge is 0.378 e. The molecule has 3 aliphatic rings. The van der Waals surface area contributed by atoms with Crippen LogP contribution in [0.15, 0.2) is 23.1 Å². The van der Waals surface area contributed by atoms with Crippen LogP contribution in [0.3, 0.4) is 0 Å². The van der Waals surface area contributed by atoms with Gasteiger partial charge in [-0.25, -0.2) is 8.42 Å². The molecule has 0 aromatic heterocycles. The summed E-state index contributed by atoms with van der Waals surface area (Å²) >= 11 is 0. The van der Waals surface area contributed by atoms with Crippen molar-refractivity contribution >= 4 is 21.6 Å². The van der Waals surface area contributed by atoms with E-state index in [-0.39, 0.29) is 16.8 Å². The number of benzene rings is 1. The van der Waals surface area contributed by atoms with Crippen LogP contribution in [0, 0.1) is 17.8 Å². The van der Waals surface area contributed by atoms with Crippen molar-refractivity contribution in [2.75, 3.05) is 44.3 Å². The second-order valence-electron chi connectivity index (χ2n) is 9.47. The Kier molecular flexibility index (Phi) is 7.12. The minimum absolute atomic E-state index is 0.0818. The van der Waals surface area contributed by atoms with Crippen molar-refractivity contribution in [2.24, 2.45) is 17.8 Å². The second kappa shape index (κ2) is 9.69. The van der Waals surface area contributed by atoms with Crippen molar-refractivity contribution in [1.82, 2.24) is 9.62 Å². The predicted octanol–water partition coefficient (Wildman–Crippen LogP) is 3.11. The maximum absolute atomic E-state index is 13.5. The van der Waals surface area contributed by atoms with Crippen LogP contribution in [0.2, 0.25) is 0 Å². The molecule has 4 rings (SSSR count). The number of sulfonamides is 1. The van der Waals surface area contributed by atoms with Gasteiger partial charge in [-0.1, -0.05) is 20.3 Å². The first-order valence-electron chi connectivity index (χ1n) is 12.1. The summed E-state index contributed by atoms with van der Waals surface area (Å²) in [5.74, 6) is 1.87. The lowest BCUT2D eigenvalue weighted by atomic mass is 9.84. The molecule has 32 heavy (non-hydrogen) atoms. The van der Waals surface area contributed by atoms with Gasteiger partial charge in [-0.15, -0.1) is 0 Å². The number of anilines is 1.